The van der Waals surface area contributed by atoms with Crippen molar-refractivity contribution >= 4 is 25.4 Å². The van der Waals surface area contributed by atoms with Crippen molar-refractivity contribution in [3.05, 3.63) is 35.9 Å². The van der Waals surface area contributed by atoms with E-state index in [9.17, 15) is 24.1 Å². The van der Waals surface area contributed by atoms with Crippen molar-refractivity contribution in [3.8, 4) is 0 Å². The number of aliphatic carboxylic acids is 1. The Morgan fingerprint density at radius 2 is 1.74 bits per heavy atom. The molecule has 0 aromatic heterocycles. The van der Waals surface area contributed by atoms with E-state index in [2.05, 4.69) is 0 Å². The van der Waals surface area contributed by atoms with Crippen molar-refractivity contribution in [2.75, 3.05) is 19.3 Å². The number of aryl methyl sites for hydroxylation is 1. The van der Waals surface area contributed by atoms with E-state index in [1.54, 1.807) is 20.8 Å². The molecule has 1 aliphatic carbocycles. The van der Waals surface area contributed by atoms with Gasteiger partial charge in [-0.05, 0) is 43.1 Å². The number of ether oxygens (including phenoxy) is 1. The van der Waals surface area contributed by atoms with Gasteiger partial charge in [-0.2, -0.15) is 4.89 Å². The number of esters is 1. The molecule has 1 saturated heterocycles. The second-order valence-electron chi connectivity index (χ2n) is 11.4. The average molecular weight is 618 g/mol. The first-order valence-electron chi connectivity index (χ1n) is 14.9. The van der Waals surface area contributed by atoms with Gasteiger partial charge < -0.3 is 24.1 Å². The number of benzene rings is 1. The van der Waals surface area contributed by atoms with E-state index in [-0.39, 0.29) is 61.0 Å². The summed E-state index contributed by atoms with van der Waals surface area (Å²) in [5.41, 5.74) is 1.16. The number of hydrogen-bond acceptors (Lipinski definition) is 9. The van der Waals surface area contributed by atoms with E-state index in [1.807, 2.05) is 30.3 Å². The molecule has 0 spiro atoms. The smallest absolute Gasteiger partial charge is 0.548 e. The third-order valence-electron chi connectivity index (χ3n) is 7.89. The van der Waals surface area contributed by atoms with Gasteiger partial charge in [-0.15, -0.1) is 4.67 Å². The van der Waals surface area contributed by atoms with Crippen LogP contribution >= 0.6 is 7.60 Å². The van der Waals surface area contributed by atoms with Crippen molar-refractivity contribution in [1.29, 1.82) is 0 Å². The molecule has 3 rings (SSSR count). The van der Waals surface area contributed by atoms with E-state index < -0.39 is 43.9 Å². The van der Waals surface area contributed by atoms with Crippen LogP contribution in [-0.2, 0) is 44.2 Å². The summed E-state index contributed by atoms with van der Waals surface area (Å²) in [4.78, 5) is 43.8. The van der Waals surface area contributed by atoms with Crippen LogP contribution in [0.4, 0.5) is 0 Å². The van der Waals surface area contributed by atoms with Crippen LogP contribution in [0.5, 0.6) is 0 Å². The summed E-state index contributed by atoms with van der Waals surface area (Å²) in [6, 6.07) is 8.82. The first kappa shape index (κ1) is 36.9. The van der Waals surface area contributed by atoms with Gasteiger partial charge in [0.1, 0.15) is 6.16 Å². The summed E-state index contributed by atoms with van der Waals surface area (Å²) in [6.45, 7) is 5.40. The summed E-state index contributed by atoms with van der Waals surface area (Å²) in [7, 11) is -4.21. The quantitative estimate of drug-likeness (QED) is 0.0517. The molecule has 2 aliphatic rings. The Hall–Kier alpha value is -1.26. The first-order valence-corrected chi connectivity index (χ1v) is 16.7. The molecule has 1 amide bonds. The largest absolute Gasteiger partial charge is 1.00 e. The number of carbonyl (C=O) groups is 3. The van der Waals surface area contributed by atoms with Gasteiger partial charge in [0, 0.05) is 18.9 Å². The molecular formula is C30H45NNaO9P. The van der Waals surface area contributed by atoms with E-state index in [4.69, 9.17) is 18.8 Å². The Morgan fingerprint density at radius 1 is 1.05 bits per heavy atom. The summed E-state index contributed by atoms with van der Waals surface area (Å²) in [5, 5.41) is 12.0. The topological polar surface area (TPSA) is 132 Å². The molecule has 10 nitrogen and oxygen atoms in total. The minimum atomic E-state index is -4.21. The molecule has 1 heterocycles. The number of unbranched alkanes of at least 4 members (excludes halogenated alkanes) is 1. The van der Waals surface area contributed by atoms with Gasteiger partial charge in [-0.1, -0.05) is 83.2 Å². The zero-order valence-electron chi connectivity index (χ0n) is 25.5. The number of hydrogen-bond donors (Lipinski definition) is 0. The van der Waals surface area contributed by atoms with E-state index >= 15 is 0 Å². The van der Waals surface area contributed by atoms with Gasteiger partial charge in [-0.25, -0.2) is 0 Å². The Bertz CT molecular complexity index is 1030. The number of nitrogens with zero attached hydrogens (tertiary/aromatic N) is 1. The Balaban J connectivity index is 0.00000616. The van der Waals surface area contributed by atoms with Gasteiger partial charge >= 0.3 is 43.1 Å². The molecule has 0 radical (unpaired) electrons. The van der Waals surface area contributed by atoms with E-state index in [0.717, 1.165) is 44.1 Å². The number of amides is 1. The maximum atomic E-state index is 13.8. The molecule has 12 heteroatoms. The normalized spacial score (nSPS) is 21.4. The SMILES string of the molecule is CCC(=O)O[C@@H](OOP(=O)(CC(=O)N1C[C@H](C2CCCCC2)C[C@H]1C(=O)[O-])OCCCCc1ccccc1)C(C)C.[Na+]. The number of carboxylic acid groups (broad SMARTS) is 1. The fourth-order valence-corrected chi connectivity index (χ4v) is 6.86. The van der Waals surface area contributed by atoms with Crippen LogP contribution in [-0.4, -0.2) is 54.4 Å². The second-order valence-corrected chi connectivity index (χ2v) is 13.4. The van der Waals surface area contributed by atoms with Crippen LogP contribution in [0.2, 0.25) is 0 Å². The Morgan fingerprint density at radius 3 is 2.36 bits per heavy atom. The molecule has 2 fully saturated rings. The fraction of sp³-hybridized carbons (Fsp3) is 0.700. The van der Waals surface area contributed by atoms with Crippen LogP contribution in [0.25, 0.3) is 0 Å². The molecule has 0 N–H and O–H groups in total. The van der Waals surface area contributed by atoms with Gasteiger partial charge in [0.05, 0.1) is 18.6 Å². The maximum Gasteiger partial charge on any atom is 1.00 e. The van der Waals surface area contributed by atoms with Gasteiger partial charge in [0.2, 0.25) is 12.2 Å². The van der Waals surface area contributed by atoms with Crippen molar-refractivity contribution in [2.24, 2.45) is 17.8 Å². The number of carbonyl (C=O) groups excluding carboxylic acids is 3. The third-order valence-corrected chi connectivity index (χ3v) is 9.44. The number of likely N-dealkylation sites (tertiary alicyclic amines) is 1. The van der Waals surface area contributed by atoms with Crippen LogP contribution in [0.3, 0.4) is 0 Å². The molecule has 1 aliphatic heterocycles. The molecule has 1 aromatic carbocycles. The van der Waals surface area contributed by atoms with Crippen molar-refractivity contribution in [3.63, 3.8) is 0 Å². The zero-order valence-corrected chi connectivity index (χ0v) is 28.4. The van der Waals surface area contributed by atoms with Crippen LogP contribution in [0.15, 0.2) is 30.3 Å². The zero-order chi connectivity index (χ0) is 29.8. The molecule has 230 valence electrons. The number of carboxylic acids is 1. The van der Waals surface area contributed by atoms with Crippen molar-refractivity contribution < 1.29 is 72.4 Å². The van der Waals surface area contributed by atoms with Gasteiger partial charge in [0.25, 0.3) is 0 Å². The summed E-state index contributed by atoms with van der Waals surface area (Å²) in [6.07, 6.45) is 6.08. The molecule has 0 bridgehead atoms. The molecular weight excluding hydrogens is 572 g/mol. The number of rotatable bonds is 16. The monoisotopic (exact) mass is 617 g/mol. The van der Waals surface area contributed by atoms with Crippen molar-refractivity contribution in [2.45, 2.75) is 97.3 Å². The second kappa shape index (κ2) is 18.5. The van der Waals surface area contributed by atoms with Gasteiger partial charge in [-0.3, -0.25) is 14.2 Å². The first-order chi connectivity index (χ1) is 19.6. The van der Waals surface area contributed by atoms with E-state index in [1.165, 1.54) is 11.3 Å². The summed E-state index contributed by atoms with van der Waals surface area (Å²) in [5.74, 6) is -2.43. The van der Waals surface area contributed by atoms with Crippen LogP contribution in [0, 0.1) is 17.8 Å². The standard InChI is InChI=1S/C30H46NO9P.Na/c1-4-28(33)38-30(22(2)3)39-40-41(36,37-18-12-11-15-23-13-7-5-8-14-23)21-27(32)31-20-25(19-26(31)29(34)35)24-16-9-6-10-17-24;/h5,7-8,13-14,22,24-26,30H,4,6,9-12,15-21H2,1-3H3,(H,34,35);/q;+1/p-1/t25-,26+,30+,41?;/m1./s1. The van der Waals surface area contributed by atoms with Crippen LogP contribution in [0.1, 0.15) is 84.1 Å². The third kappa shape index (κ3) is 11.7. The molecule has 4 atom stereocenters. The molecule has 1 saturated carbocycles. The fourth-order valence-electron chi connectivity index (χ4n) is 5.53. The van der Waals surface area contributed by atoms with Crippen LogP contribution < -0.4 is 34.7 Å². The summed E-state index contributed by atoms with van der Waals surface area (Å²) >= 11 is 0. The minimum absolute atomic E-state index is 0. The van der Waals surface area contributed by atoms with Gasteiger partial charge in [0.15, 0.2) is 0 Å². The Labute approximate surface area is 271 Å². The maximum absolute atomic E-state index is 13.8. The predicted molar refractivity (Wildman–Crippen MR) is 150 cm³/mol. The average Bonchev–Trinajstić information content (AvgIpc) is 3.42. The Kier molecular flexibility index (Phi) is 16.3. The minimum Gasteiger partial charge on any atom is -0.548 e. The summed E-state index contributed by atoms with van der Waals surface area (Å²) < 4.78 is 30.0. The molecule has 42 heavy (non-hydrogen) atoms. The molecule has 1 aromatic rings. The van der Waals surface area contributed by atoms with E-state index in [0.29, 0.717) is 18.8 Å². The molecule has 1 unspecified atom stereocenters. The predicted octanol–water partition coefficient (Wildman–Crippen LogP) is 1.65. The van der Waals surface area contributed by atoms with Crippen molar-refractivity contribution in [1.82, 2.24) is 4.90 Å².